The zero-order chi connectivity index (χ0) is 23.4. The van der Waals surface area contributed by atoms with Gasteiger partial charge < -0.3 is 10.6 Å². The number of thiophene rings is 1. The molecule has 8 nitrogen and oxygen atoms in total. The average molecular weight is 468 g/mol. The molecule has 1 saturated heterocycles. The van der Waals surface area contributed by atoms with Gasteiger partial charge in [0.15, 0.2) is 5.78 Å². The van der Waals surface area contributed by atoms with Crippen LogP contribution in [0.3, 0.4) is 0 Å². The van der Waals surface area contributed by atoms with Crippen molar-refractivity contribution in [3.8, 4) is 0 Å². The Morgan fingerprint density at radius 3 is 2.36 bits per heavy atom. The maximum Gasteiger partial charge on any atom is 0.332 e. The quantitative estimate of drug-likeness (QED) is 0.502. The van der Waals surface area contributed by atoms with Gasteiger partial charge in [0.1, 0.15) is 11.4 Å². The topological polar surface area (TPSA) is 93.6 Å². The van der Waals surface area contributed by atoms with Crippen LogP contribution < -0.4 is 17.0 Å². The molecule has 3 heterocycles. The van der Waals surface area contributed by atoms with Crippen molar-refractivity contribution in [2.45, 2.75) is 13.0 Å². The Bertz CT molecular complexity index is 1210. The number of Topliss-reactive ketones (excluding diaryl/α,β-unsaturated/α-hetero) is 1. The Morgan fingerprint density at radius 1 is 1.00 bits per heavy atom. The fourth-order valence-corrected chi connectivity index (χ4v) is 4.84. The minimum Gasteiger partial charge on any atom is -0.384 e. The third kappa shape index (κ3) is 5.32. The zero-order valence-corrected chi connectivity index (χ0v) is 19.6. The standard InChI is InChI=1S/C24H29N5O3S/c1-26-23(31)21(22(25)29(24(26)32)16-18-6-3-2-4-7-18)20(30)17-28-13-11-27(12-14-28)10-9-19-8-5-15-33-19/h2-8,15H,9-14,16-17,25H2,1H3. The third-order valence-corrected chi connectivity index (χ3v) is 7.07. The fraction of sp³-hybridized carbons (Fsp3) is 0.375. The van der Waals surface area contributed by atoms with E-state index in [1.54, 1.807) is 11.3 Å². The van der Waals surface area contributed by atoms with Crippen LogP contribution in [0.5, 0.6) is 0 Å². The Kier molecular flexibility index (Phi) is 7.22. The molecule has 9 heteroatoms. The summed E-state index contributed by atoms with van der Waals surface area (Å²) in [5.41, 5.74) is 5.81. The van der Waals surface area contributed by atoms with Gasteiger partial charge in [-0.15, -0.1) is 11.3 Å². The number of hydrogen-bond donors (Lipinski definition) is 1. The molecule has 1 aliphatic heterocycles. The SMILES string of the molecule is Cn1c(=O)c(C(=O)CN2CCN(CCc3cccs3)CC2)c(N)n(Cc2ccccc2)c1=O. The Balaban J connectivity index is 1.44. The maximum atomic E-state index is 13.1. The Morgan fingerprint density at radius 2 is 1.70 bits per heavy atom. The van der Waals surface area contributed by atoms with E-state index >= 15 is 0 Å². The molecule has 1 fully saturated rings. The van der Waals surface area contributed by atoms with Gasteiger partial charge in [-0.3, -0.25) is 23.6 Å². The lowest BCUT2D eigenvalue weighted by Gasteiger charge is -2.34. The Hall–Kier alpha value is -3.01. The van der Waals surface area contributed by atoms with Crippen molar-refractivity contribution in [2.24, 2.45) is 7.05 Å². The average Bonchev–Trinajstić information content (AvgIpc) is 3.35. The van der Waals surface area contributed by atoms with Gasteiger partial charge in [0.2, 0.25) is 0 Å². The van der Waals surface area contributed by atoms with Crippen LogP contribution in [0.25, 0.3) is 0 Å². The molecule has 4 rings (SSSR count). The number of nitrogens with zero attached hydrogens (tertiary/aromatic N) is 4. The number of ketones is 1. The number of anilines is 1. The van der Waals surface area contributed by atoms with Crippen molar-refractivity contribution in [3.05, 3.63) is 84.7 Å². The summed E-state index contributed by atoms with van der Waals surface area (Å²) in [5.74, 6) is -0.409. The van der Waals surface area contributed by atoms with Gasteiger partial charge in [-0.25, -0.2) is 4.79 Å². The number of carbonyl (C=O) groups excluding carboxylic acids is 1. The summed E-state index contributed by atoms with van der Waals surface area (Å²) in [5, 5.41) is 2.10. The predicted octanol–water partition coefficient (Wildman–Crippen LogP) is 1.28. The van der Waals surface area contributed by atoms with Gasteiger partial charge in [-0.1, -0.05) is 36.4 Å². The number of nitrogen functional groups attached to an aromatic ring is 1. The predicted molar refractivity (Wildman–Crippen MR) is 131 cm³/mol. The highest BCUT2D eigenvalue weighted by molar-refractivity contribution is 7.09. The first-order valence-electron chi connectivity index (χ1n) is 11.1. The molecule has 0 saturated carbocycles. The van der Waals surface area contributed by atoms with E-state index in [1.807, 2.05) is 30.3 Å². The van der Waals surface area contributed by atoms with Crippen LogP contribution in [0, 0.1) is 0 Å². The van der Waals surface area contributed by atoms with E-state index in [2.05, 4.69) is 27.3 Å². The third-order valence-electron chi connectivity index (χ3n) is 6.13. The molecule has 0 bridgehead atoms. The highest BCUT2D eigenvalue weighted by Crippen LogP contribution is 2.13. The molecule has 0 atom stereocenters. The van der Waals surface area contributed by atoms with Crippen LogP contribution in [-0.2, 0) is 20.0 Å². The molecule has 1 aliphatic rings. The molecule has 0 spiro atoms. The number of rotatable bonds is 8. The lowest BCUT2D eigenvalue weighted by molar-refractivity contribution is 0.0852. The highest BCUT2D eigenvalue weighted by Gasteiger charge is 2.25. The first kappa shape index (κ1) is 23.2. The van der Waals surface area contributed by atoms with Gasteiger partial charge in [0, 0.05) is 44.6 Å². The van der Waals surface area contributed by atoms with E-state index < -0.39 is 11.2 Å². The lowest BCUT2D eigenvalue weighted by atomic mass is 10.1. The molecular weight excluding hydrogens is 438 g/mol. The summed E-state index contributed by atoms with van der Waals surface area (Å²) in [6.07, 6.45) is 1.03. The zero-order valence-electron chi connectivity index (χ0n) is 18.8. The number of carbonyl (C=O) groups is 1. The molecule has 1 aromatic carbocycles. The van der Waals surface area contributed by atoms with Crippen LogP contribution in [0.2, 0.25) is 0 Å². The van der Waals surface area contributed by atoms with Crippen molar-refractivity contribution in [1.82, 2.24) is 18.9 Å². The molecule has 33 heavy (non-hydrogen) atoms. The van der Waals surface area contributed by atoms with E-state index in [9.17, 15) is 14.4 Å². The van der Waals surface area contributed by atoms with Gasteiger partial charge >= 0.3 is 5.69 Å². The first-order valence-corrected chi connectivity index (χ1v) is 12.0. The summed E-state index contributed by atoms with van der Waals surface area (Å²) >= 11 is 1.77. The number of aromatic nitrogens is 2. The molecule has 3 aromatic rings. The molecule has 0 radical (unpaired) electrons. The summed E-state index contributed by atoms with van der Waals surface area (Å²) in [6, 6.07) is 13.6. The van der Waals surface area contributed by atoms with Crippen molar-refractivity contribution >= 4 is 22.9 Å². The highest BCUT2D eigenvalue weighted by atomic mass is 32.1. The fourth-order valence-electron chi connectivity index (χ4n) is 4.14. The normalized spacial score (nSPS) is 15.1. The van der Waals surface area contributed by atoms with Crippen LogP contribution in [0.1, 0.15) is 20.8 Å². The van der Waals surface area contributed by atoms with E-state index in [1.165, 1.54) is 16.5 Å². The van der Waals surface area contributed by atoms with Crippen molar-refractivity contribution < 1.29 is 4.79 Å². The van der Waals surface area contributed by atoms with E-state index in [-0.39, 0.29) is 30.3 Å². The Labute approximate surface area is 196 Å². The van der Waals surface area contributed by atoms with E-state index in [4.69, 9.17) is 5.73 Å². The monoisotopic (exact) mass is 467 g/mol. The minimum atomic E-state index is -0.638. The molecule has 174 valence electrons. The molecule has 2 N–H and O–H groups in total. The summed E-state index contributed by atoms with van der Waals surface area (Å²) in [4.78, 5) is 44.4. The van der Waals surface area contributed by atoms with Gasteiger partial charge in [-0.2, -0.15) is 0 Å². The molecule has 0 aliphatic carbocycles. The number of piperazine rings is 1. The lowest BCUT2D eigenvalue weighted by Crippen LogP contribution is -2.49. The summed E-state index contributed by atoms with van der Waals surface area (Å²) < 4.78 is 2.27. The van der Waals surface area contributed by atoms with Crippen molar-refractivity contribution in [1.29, 1.82) is 0 Å². The van der Waals surface area contributed by atoms with Crippen LogP contribution in [-0.4, -0.2) is 64.0 Å². The second-order valence-corrected chi connectivity index (χ2v) is 9.38. The molecule has 0 amide bonds. The van der Waals surface area contributed by atoms with Gasteiger partial charge in [-0.05, 0) is 23.4 Å². The van der Waals surface area contributed by atoms with E-state index in [0.717, 1.165) is 49.3 Å². The van der Waals surface area contributed by atoms with E-state index in [0.29, 0.717) is 0 Å². The second kappa shape index (κ2) is 10.3. The minimum absolute atomic E-state index is 0.0634. The second-order valence-electron chi connectivity index (χ2n) is 8.35. The van der Waals surface area contributed by atoms with Crippen LogP contribution >= 0.6 is 11.3 Å². The van der Waals surface area contributed by atoms with Crippen molar-refractivity contribution in [3.63, 3.8) is 0 Å². The van der Waals surface area contributed by atoms with Crippen molar-refractivity contribution in [2.75, 3.05) is 45.0 Å². The smallest absolute Gasteiger partial charge is 0.332 e. The maximum absolute atomic E-state index is 13.1. The number of benzene rings is 1. The van der Waals surface area contributed by atoms with Crippen LogP contribution in [0.4, 0.5) is 5.82 Å². The number of hydrogen-bond acceptors (Lipinski definition) is 7. The first-order chi connectivity index (χ1) is 15.9. The van der Waals surface area contributed by atoms with Crippen LogP contribution in [0.15, 0.2) is 57.4 Å². The van der Waals surface area contributed by atoms with Gasteiger partial charge in [0.05, 0.1) is 13.1 Å². The largest absolute Gasteiger partial charge is 0.384 e. The van der Waals surface area contributed by atoms with Gasteiger partial charge in [0.25, 0.3) is 5.56 Å². The summed E-state index contributed by atoms with van der Waals surface area (Å²) in [7, 11) is 1.38. The number of nitrogens with two attached hydrogens (primary N) is 1. The summed E-state index contributed by atoms with van der Waals surface area (Å²) in [6.45, 7) is 4.56. The molecule has 0 unspecified atom stereocenters. The molecule has 2 aromatic heterocycles. The molecular formula is C24H29N5O3S.